The Morgan fingerprint density at radius 3 is 2.48 bits per heavy atom. The lowest BCUT2D eigenvalue weighted by molar-refractivity contribution is 0.339. The highest BCUT2D eigenvalue weighted by atomic mass is 19.1. The maximum atomic E-state index is 14.0. The number of phenols is 1. The third kappa shape index (κ3) is 3.79. The van der Waals surface area contributed by atoms with Crippen molar-refractivity contribution >= 4 is 11.9 Å². The van der Waals surface area contributed by atoms with Gasteiger partial charge in [0.05, 0.1) is 5.69 Å². The Morgan fingerprint density at radius 1 is 1.09 bits per heavy atom. The smallest absolute Gasteiger partial charge is 0.128 e. The Bertz CT molecular complexity index is 688. The molecule has 1 aliphatic rings. The van der Waals surface area contributed by atoms with Crippen LogP contribution >= 0.6 is 0 Å². The zero-order chi connectivity index (χ0) is 16.2. The van der Waals surface area contributed by atoms with Gasteiger partial charge < -0.3 is 5.11 Å². The molecule has 2 nitrogen and oxygen atoms in total. The van der Waals surface area contributed by atoms with Crippen molar-refractivity contribution in [2.24, 2.45) is 10.9 Å². The maximum Gasteiger partial charge on any atom is 0.128 e. The Balaban J connectivity index is 1.88. The summed E-state index contributed by atoms with van der Waals surface area (Å²) in [6.45, 7) is 2.25. The molecule has 0 atom stereocenters. The summed E-state index contributed by atoms with van der Waals surface area (Å²) < 4.78 is 14.0. The molecule has 1 saturated carbocycles. The molecule has 0 unspecified atom stereocenters. The van der Waals surface area contributed by atoms with E-state index >= 15 is 0 Å². The van der Waals surface area contributed by atoms with Crippen molar-refractivity contribution in [3.8, 4) is 5.75 Å². The third-order valence-corrected chi connectivity index (χ3v) is 4.70. The largest absolute Gasteiger partial charge is 0.507 e. The van der Waals surface area contributed by atoms with Crippen molar-refractivity contribution in [1.29, 1.82) is 0 Å². The van der Waals surface area contributed by atoms with Crippen LogP contribution in [0.4, 0.5) is 10.1 Å². The molecule has 0 aliphatic heterocycles. The van der Waals surface area contributed by atoms with Gasteiger partial charge in [-0.15, -0.1) is 0 Å². The van der Waals surface area contributed by atoms with Crippen LogP contribution in [-0.2, 0) is 0 Å². The van der Waals surface area contributed by atoms with Gasteiger partial charge in [0.15, 0.2) is 0 Å². The summed E-state index contributed by atoms with van der Waals surface area (Å²) in [5.41, 5.74) is 1.96. The molecule has 2 aromatic carbocycles. The first-order valence-corrected chi connectivity index (χ1v) is 8.25. The molecule has 0 spiro atoms. The lowest BCUT2D eigenvalue weighted by Gasteiger charge is -2.27. The second-order valence-electron chi connectivity index (χ2n) is 6.48. The maximum absolute atomic E-state index is 14.0. The lowest BCUT2D eigenvalue weighted by Crippen LogP contribution is -2.11. The predicted molar refractivity (Wildman–Crippen MR) is 92.1 cm³/mol. The predicted octanol–water partition coefficient (Wildman–Crippen LogP) is 5.58. The molecule has 1 aliphatic carbocycles. The molecule has 120 valence electrons. The van der Waals surface area contributed by atoms with E-state index in [4.69, 9.17) is 0 Å². The van der Waals surface area contributed by atoms with Crippen molar-refractivity contribution < 1.29 is 9.50 Å². The van der Waals surface area contributed by atoms with E-state index in [2.05, 4.69) is 11.9 Å². The minimum atomic E-state index is -0.314. The molecule has 3 heteroatoms. The van der Waals surface area contributed by atoms with Crippen molar-refractivity contribution in [2.75, 3.05) is 0 Å². The number of para-hydroxylation sites is 1. The van der Waals surface area contributed by atoms with Crippen LogP contribution in [0.3, 0.4) is 0 Å². The van der Waals surface area contributed by atoms with Gasteiger partial charge in [0.2, 0.25) is 0 Å². The van der Waals surface area contributed by atoms with Crippen molar-refractivity contribution in [3.05, 3.63) is 59.4 Å². The van der Waals surface area contributed by atoms with Crippen LogP contribution < -0.4 is 0 Å². The molecule has 1 N–H and O–H groups in total. The minimum absolute atomic E-state index is 0.172. The van der Waals surface area contributed by atoms with Crippen LogP contribution in [0.2, 0.25) is 0 Å². The Hall–Kier alpha value is -2.16. The van der Waals surface area contributed by atoms with Gasteiger partial charge in [-0.05, 0) is 48.9 Å². The summed E-state index contributed by atoms with van der Waals surface area (Å²) in [5.74, 6) is 0.823. The zero-order valence-corrected chi connectivity index (χ0v) is 13.4. The number of hydrogen-bond donors (Lipinski definition) is 1. The molecule has 0 bridgehead atoms. The Labute approximate surface area is 136 Å². The number of hydrogen-bond acceptors (Lipinski definition) is 2. The first kappa shape index (κ1) is 15.7. The molecule has 0 radical (unpaired) electrons. The molecule has 3 rings (SSSR count). The van der Waals surface area contributed by atoms with E-state index in [1.165, 1.54) is 12.1 Å². The average Bonchev–Trinajstić information content (AvgIpc) is 2.57. The van der Waals surface area contributed by atoms with Crippen molar-refractivity contribution in [1.82, 2.24) is 0 Å². The molecule has 1 fully saturated rings. The number of benzene rings is 2. The SMILES string of the molecule is CC1CCC(c2cc(F)cc(C=Nc3ccccc3)c2O)CC1. The fourth-order valence-electron chi connectivity index (χ4n) is 3.28. The number of aliphatic imine (C=N–C) groups is 1. The van der Waals surface area contributed by atoms with E-state index in [0.29, 0.717) is 5.56 Å². The molecule has 0 saturated heterocycles. The highest BCUT2D eigenvalue weighted by Gasteiger charge is 2.23. The quantitative estimate of drug-likeness (QED) is 0.738. The highest BCUT2D eigenvalue weighted by Crippen LogP contribution is 2.40. The first-order chi connectivity index (χ1) is 11.1. The molecule has 2 aromatic rings. The molecule has 0 heterocycles. The van der Waals surface area contributed by atoms with Gasteiger partial charge in [0.25, 0.3) is 0 Å². The fraction of sp³-hybridized carbons (Fsp3) is 0.350. The summed E-state index contributed by atoms with van der Waals surface area (Å²) in [5, 5.41) is 10.6. The fourth-order valence-corrected chi connectivity index (χ4v) is 3.28. The average molecular weight is 311 g/mol. The summed E-state index contributed by atoms with van der Waals surface area (Å²) >= 11 is 0. The van der Waals surface area contributed by atoms with Crippen LogP contribution in [0.15, 0.2) is 47.5 Å². The number of halogens is 1. The second-order valence-corrected chi connectivity index (χ2v) is 6.48. The normalized spacial score (nSPS) is 21.7. The van der Waals surface area contributed by atoms with E-state index in [-0.39, 0.29) is 17.5 Å². The van der Waals surface area contributed by atoms with Gasteiger partial charge in [-0.2, -0.15) is 0 Å². The van der Waals surface area contributed by atoms with Crippen LogP contribution in [0.1, 0.15) is 49.7 Å². The molecular formula is C20H22FNO. The van der Waals surface area contributed by atoms with E-state index in [1.54, 1.807) is 6.21 Å². The summed E-state index contributed by atoms with van der Waals surface area (Å²) in [4.78, 5) is 4.33. The van der Waals surface area contributed by atoms with Gasteiger partial charge in [-0.25, -0.2) is 4.39 Å². The van der Waals surface area contributed by atoms with E-state index in [1.807, 2.05) is 30.3 Å². The van der Waals surface area contributed by atoms with Crippen molar-refractivity contribution in [3.63, 3.8) is 0 Å². The monoisotopic (exact) mass is 311 g/mol. The number of nitrogens with zero attached hydrogens (tertiary/aromatic N) is 1. The van der Waals surface area contributed by atoms with Crippen LogP contribution in [-0.4, -0.2) is 11.3 Å². The minimum Gasteiger partial charge on any atom is -0.507 e. The summed E-state index contributed by atoms with van der Waals surface area (Å²) in [6.07, 6.45) is 5.83. The van der Waals surface area contributed by atoms with E-state index in [0.717, 1.165) is 42.9 Å². The first-order valence-electron chi connectivity index (χ1n) is 8.25. The topological polar surface area (TPSA) is 32.6 Å². The van der Waals surface area contributed by atoms with Gasteiger partial charge in [0.1, 0.15) is 11.6 Å². The van der Waals surface area contributed by atoms with Gasteiger partial charge in [-0.1, -0.05) is 38.0 Å². The summed E-state index contributed by atoms with van der Waals surface area (Å²) in [7, 11) is 0. The van der Waals surface area contributed by atoms with Gasteiger partial charge in [0, 0.05) is 17.3 Å². The van der Waals surface area contributed by atoms with Gasteiger partial charge in [-0.3, -0.25) is 4.99 Å². The van der Waals surface area contributed by atoms with E-state index in [9.17, 15) is 9.50 Å². The van der Waals surface area contributed by atoms with Crippen molar-refractivity contribution in [2.45, 2.75) is 38.5 Å². The number of rotatable bonds is 3. The molecular weight excluding hydrogens is 289 g/mol. The number of phenolic OH excluding ortho intramolecular Hbond substituents is 1. The number of aromatic hydroxyl groups is 1. The standard InChI is InChI=1S/C20H22FNO/c1-14-7-9-15(10-8-14)19-12-17(21)11-16(20(19)23)13-22-18-5-3-2-4-6-18/h2-6,11-15,23H,7-10H2,1H3. The molecule has 0 aromatic heterocycles. The molecule has 0 amide bonds. The Kier molecular flexibility index (Phi) is 4.75. The van der Waals surface area contributed by atoms with Gasteiger partial charge >= 0.3 is 0 Å². The second kappa shape index (κ2) is 6.95. The lowest BCUT2D eigenvalue weighted by atomic mass is 9.79. The Morgan fingerprint density at radius 2 is 1.78 bits per heavy atom. The third-order valence-electron chi connectivity index (χ3n) is 4.70. The van der Waals surface area contributed by atoms with Crippen LogP contribution in [0, 0.1) is 11.7 Å². The molecule has 23 heavy (non-hydrogen) atoms. The van der Waals surface area contributed by atoms with E-state index < -0.39 is 0 Å². The van der Waals surface area contributed by atoms with Crippen LogP contribution in [0.25, 0.3) is 0 Å². The highest BCUT2D eigenvalue weighted by molar-refractivity contribution is 5.86. The summed E-state index contributed by atoms with van der Waals surface area (Å²) in [6, 6.07) is 12.3. The zero-order valence-electron chi connectivity index (χ0n) is 13.4. The van der Waals surface area contributed by atoms with Crippen LogP contribution in [0.5, 0.6) is 5.75 Å².